The Morgan fingerprint density at radius 2 is 2.09 bits per heavy atom. The molecule has 3 heterocycles. The number of pyridine rings is 1. The Labute approximate surface area is 195 Å². The van der Waals surface area contributed by atoms with Crippen molar-refractivity contribution in [3.05, 3.63) is 59.4 Å². The van der Waals surface area contributed by atoms with Crippen LogP contribution in [0.1, 0.15) is 36.6 Å². The van der Waals surface area contributed by atoms with Crippen molar-refractivity contribution in [3.8, 4) is 27.5 Å². The van der Waals surface area contributed by atoms with Gasteiger partial charge < -0.3 is 11.1 Å². The van der Waals surface area contributed by atoms with E-state index < -0.39 is 6.03 Å². The number of para-hydroxylation sites is 1. The maximum absolute atomic E-state index is 11.4. The third-order valence-corrected chi connectivity index (χ3v) is 6.82. The molecular weight excluding hydrogens is 434 g/mol. The lowest BCUT2D eigenvalue weighted by atomic mass is 9.86. The van der Waals surface area contributed by atoms with Gasteiger partial charge in [0.25, 0.3) is 0 Å². The molecule has 4 N–H and O–H groups in total. The highest BCUT2D eigenvalue weighted by atomic mass is 32.1. The molecule has 0 aliphatic heterocycles. The van der Waals surface area contributed by atoms with Crippen LogP contribution in [0, 0.1) is 6.92 Å². The van der Waals surface area contributed by atoms with E-state index in [1.807, 2.05) is 36.0 Å². The molecule has 168 valence electrons. The maximum Gasteiger partial charge on any atom is 0.318 e. The number of aromatic nitrogens is 4. The first-order valence-corrected chi connectivity index (χ1v) is 11.7. The summed E-state index contributed by atoms with van der Waals surface area (Å²) in [6.45, 7) is 7.13. The lowest BCUT2D eigenvalue weighted by Crippen LogP contribution is -2.19. The molecule has 5 rings (SSSR count). The number of nitrogens with two attached hydrogens (primary N) is 1. The van der Waals surface area contributed by atoms with Crippen LogP contribution in [0.2, 0.25) is 0 Å². The lowest BCUT2D eigenvalue weighted by molar-refractivity contribution is 0.259. The van der Waals surface area contributed by atoms with E-state index >= 15 is 0 Å². The quantitative estimate of drug-likeness (QED) is 0.391. The molecule has 0 saturated carbocycles. The second-order valence-corrected chi connectivity index (χ2v) is 9.16. The summed E-state index contributed by atoms with van der Waals surface area (Å²) in [5.41, 5.74) is 12.5. The van der Waals surface area contributed by atoms with Crippen LogP contribution in [0.15, 0.2) is 42.6 Å². The third-order valence-electron chi connectivity index (χ3n) is 5.80. The first kappa shape index (κ1) is 21.1. The average molecular weight is 460 g/mol. The fraction of sp³-hybridized carbons (Fsp3) is 0.250. The Morgan fingerprint density at radius 3 is 2.79 bits per heavy atom. The molecular formula is C24H25N7OS. The van der Waals surface area contributed by atoms with Crippen molar-refractivity contribution >= 4 is 28.3 Å². The molecule has 8 nitrogen and oxygen atoms in total. The highest BCUT2D eigenvalue weighted by Gasteiger charge is 2.34. The molecule has 1 atom stereocenters. The molecule has 1 aliphatic carbocycles. The third kappa shape index (κ3) is 3.74. The zero-order valence-electron chi connectivity index (χ0n) is 18.7. The van der Waals surface area contributed by atoms with E-state index in [1.54, 1.807) is 0 Å². The number of thiazole rings is 1. The Hall–Kier alpha value is -3.72. The second kappa shape index (κ2) is 8.32. The minimum absolute atomic E-state index is 0.192. The van der Waals surface area contributed by atoms with E-state index in [2.05, 4.69) is 52.6 Å². The lowest BCUT2D eigenvalue weighted by Gasteiger charge is -2.20. The van der Waals surface area contributed by atoms with Crippen molar-refractivity contribution in [2.45, 2.75) is 33.1 Å². The zero-order valence-corrected chi connectivity index (χ0v) is 19.5. The number of amides is 2. The number of urea groups is 1. The molecule has 4 aromatic rings. The van der Waals surface area contributed by atoms with Crippen LogP contribution in [0.4, 0.5) is 15.7 Å². The van der Waals surface area contributed by atoms with Crippen LogP contribution in [-0.2, 0) is 6.42 Å². The predicted octanol–water partition coefficient (Wildman–Crippen LogP) is 4.95. The van der Waals surface area contributed by atoms with Gasteiger partial charge in [-0.15, -0.1) is 0 Å². The van der Waals surface area contributed by atoms with Gasteiger partial charge in [0.2, 0.25) is 0 Å². The maximum atomic E-state index is 11.4. The van der Waals surface area contributed by atoms with E-state index in [4.69, 9.17) is 10.8 Å². The molecule has 3 aromatic heterocycles. The number of hydrogen-bond donors (Lipinski definition) is 3. The highest BCUT2D eigenvalue weighted by Crippen LogP contribution is 2.48. The standard InChI is InChI=1S/C24H25N7OS/c1-4-26-18-10-9-15(12-27-18)20-19-14(3)11-16-22(33-24(28-16)29-23(25)32)21(19)31(30-20)17-8-6-5-7-13(17)2/h5-10,12,14H,4,11H2,1-3H3,(H,26,27)(H3,25,28,29,32). The molecule has 9 heteroatoms. The van der Waals surface area contributed by atoms with Gasteiger partial charge >= 0.3 is 6.03 Å². The van der Waals surface area contributed by atoms with Crippen molar-refractivity contribution in [1.82, 2.24) is 19.7 Å². The van der Waals surface area contributed by atoms with Crippen LogP contribution in [-0.4, -0.2) is 32.3 Å². The summed E-state index contributed by atoms with van der Waals surface area (Å²) < 4.78 is 2.01. The summed E-state index contributed by atoms with van der Waals surface area (Å²) >= 11 is 1.43. The van der Waals surface area contributed by atoms with Crippen molar-refractivity contribution in [3.63, 3.8) is 0 Å². The minimum Gasteiger partial charge on any atom is -0.370 e. The molecule has 1 aliphatic rings. The smallest absolute Gasteiger partial charge is 0.318 e. The SMILES string of the molecule is CCNc1ccc(-c2nn(-c3ccccc3C)c3c2C(C)Cc2nc(NC(N)=O)sc2-3)cn1. The van der Waals surface area contributed by atoms with E-state index in [-0.39, 0.29) is 5.92 Å². The van der Waals surface area contributed by atoms with Gasteiger partial charge in [-0.2, -0.15) is 5.10 Å². The van der Waals surface area contributed by atoms with E-state index in [1.165, 1.54) is 11.3 Å². The number of nitrogens with one attached hydrogen (secondary N) is 2. The van der Waals surface area contributed by atoms with Crippen molar-refractivity contribution in [1.29, 1.82) is 0 Å². The Bertz CT molecular complexity index is 1340. The highest BCUT2D eigenvalue weighted by molar-refractivity contribution is 7.19. The van der Waals surface area contributed by atoms with Crippen molar-refractivity contribution < 1.29 is 4.79 Å². The number of nitrogens with zero attached hydrogens (tertiary/aromatic N) is 4. The summed E-state index contributed by atoms with van der Waals surface area (Å²) in [5, 5.41) is 11.5. The van der Waals surface area contributed by atoms with Gasteiger partial charge in [0, 0.05) is 23.9 Å². The Morgan fingerprint density at radius 1 is 1.27 bits per heavy atom. The number of hydrogen-bond acceptors (Lipinski definition) is 6. The molecule has 0 bridgehead atoms. The number of carbonyl (C=O) groups excluding carboxylic acids is 1. The minimum atomic E-state index is -0.616. The Balaban J connectivity index is 1.74. The second-order valence-electron chi connectivity index (χ2n) is 8.16. The zero-order chi connectivity index (χ0) is 23.1. The number of benzene rings is 1. The fourth-order valence-electron chi connectivity index (χ4n) is 4.35. The topological polar surface area (TPSA) is 111 Å². The molecule has 1 unspecified atom stereocenters. The van der Waals surface area contributed by atoms with Crippen molar-refractivity contribution in [2.24, 2.45) is 5.73 Å². The molecule has 33 heavy (non-hydrogen) atoms. The van der Waals surface area contributed by atoms with Gasteiger partial charge in [-0.3, -0.25) is 5.32 Å². The monoisotopic (exact) mass is 459 g/mol. The first-order valence-electron chi connectivity index (χ1n) is 10.9. The van der Waals surface area contributed by atoms with Gasteiger partial charge in [0.15, 0.2) is 5.13 Å². The molecule has 0 saturated heterocycles. The number of anilines is 2. The van der Waals surface area contributed by atoms with Crippen LogP contribution in [0.3, 0.4) is 0 Å². The number of fused-ring (bicyclic) bond motifs is 3. The number of rotatable bonds is 5. The first-order chi connectivity index (χ1) is 16.0. The molecule has 0 spiro atoms. The number of aryl methyl sites for hydroxylation is 1. The summed E-state index contributed by atoms with van der Waals surface area (Å²) in [6.07, 6.45) is 2.63. The summed E-state index contributed by atoms with van der Waals surface area (Å²) in [5.74, 6) is 1.03. The van der Waals surface area contributed by atoms with Gasteiger partial charge in [0.05, 0.1) is 27.6 Å². The normalized spacial score (nSPS) is 14.5. The predicted molar refractivity (Wildman–Crippen MR) is 132 cm³/mol. The van der Waals surface area contributed by atoms with E-state index in [0.29, 0.717) is 5.13 Å². The van der Waals surface area contributed by atoms with Gasteiger partial charge in [-0.25, -0.2) is 19.4 Å². The molecule has 1 aromatic carbocycles. The van der Waals surface area contributed by atoms with Crippen LogP contribution in [0.25, 0.3) is 27.5 Å². The van der Waals surface area contributed by atoms with E-state index in [9.17, 15) is 4.79 Å². The van der Waals surface area contributed by atoms with Gasteiger partial charge in [-0.1, -0.05) is 36.5 Å². The van der Waals surface area contributed by atoms with Crippen molar-refractivity contribution in [2.75, 3.05) is 17.2 Å². The largest absolute Gasteiger partial charge is 0.370 e. The van der Waals surface area contributed by atoms with Gasteiger partial charge in [0.1, 0.15) is 5.82 Å². The number of primary amides is 1. The molecule has 0 radical (unpaired) electrons. The van der Waals surface area contributed by atoms with Crippen LogP contribution < -0.4 is 16.4 Å². The van der Waals surface area contributed by atoms with Crippen LogP contribution in [0.5, 0.6) is 0 Å². The number of carbonyl (C=O) groups is 1. The molecule has 2 amide bonds. The summed E-state index contributed by atoms with van der Waals surface area (Å²) in [4.78, 5) is 21.7. The van der Waals surface area contributed by atoms with Crippen LogP contribution >= 0.6 is 11.3 Å². The summed E-state index contributed by atoms with van der Waals surface area (Å²) in [7, 11) is 0. The van der Waals surface area contributed by atoms with E-state index in [0.717, 1.165) is 63.1 Å². The molecule has 0 fully saturated rings. The average Bonchev–Trinajstić information content (AvgIpc) is 3.36. The summed E-state index contributed by atoms with van der Waals surface area (Å²) in [6, 6.07) is 11.6. The Kier molecular flexibility index (Phi) is 5.33. The van der Waals surface area contributed by atoms with Gasteiger partial charge in [-0.05, 0) is 49.9 Å². The fourth-order valence-corrected chi connectivity index (χ4v) is 5.39.